The topological polar surface area (TPSA) is 43.6 Å². The zero-order valence-corrected chi connectivity index (χ0v) is 5.23. The summed E-state index contributed by atoms with van der Waals surface area (Å²) in [6.45, 7) is 1.52. The predicted molar refractivity (Wildman–Crippen MR) is 31.8 cm³/mol. The quantitative estimate of drug-likeness (QED) is 0.410. The van der Waals surface area contributed by atoms with Crippen molar-refractivity contribution in [2.45, 2.75) is 5.44 Å². The Bertz CT molecular complexity index is 65.1. The van der Waals surface area contributed by atoms with Gasteiger partial charge in [0.1, 0.15) is 0 Å². The van der Waals surface area contributed by atoms with Crippen LogP contribution in [0, 0.1) is 0 Å². The van der Waals surface area contributed by atoms with E-state index in [2.05, 4.69) is 10.2 Å². The van der Waals surface area contributed by atoms with Gasteiger partial charge in [-0.2, -0.15) is 0 Å². The van der Waals surface area contributed by atoms with Gasteiger partial charge in [0.05, 0.1) is 6.54 Å². The van der Waals surface area contributed by atoms with E-state index >= 15 is 0 Å². The van der Waals surface area contributed by atoms with Gasteiger partial charge in [-0.15, -0.1) is 11.8 Å². The van der Waals surface area contributed by atoms with Crippen molar-refractivity contribution in [3.8, 4) is 0 Å². The van der Waals surface area contributed by atoms with E-state index in [1.165, 1.54) is 0 Å². The van der Waals surface area contributed by atoms with Gasteiger partial charge in [0.2, 0.25) is 0 Å². The largest absolute Gasteiger partial charge is 0.251 e. The lowest BCUT2D eigenvalue weighted by Crippen LogP contribution is -2.28. The van der Waals surface area contributed by atoms with Crippen molar-refractivity contribution in [1.82, 2.24) is 5.32 Å². The summed E-state index contributed by atoms with van der Waals surface area (Å²) in [5.74, 6) is 0.964. The predicted octanol–water partition coefficient (Wildman–Crippen LogP) is 0.153. The summed E-state index contributed by atoms with van der Waals surface area (Å²) in [7, 11) is 0. The van der Waals surface area contributed by atoms with Crippen molar-refractivity contribution in [3.63, 3.8) is 0 Å². The maximum Gasteiger partial charge on any atom is 0.152 e. The number of hydrogen-bond donors (Lipinski definition) is 1. The van der Waals surface area contributed by atoms with Crippen LogP contribution in [0.4, 0.5) is 0 Å². The van der Waals surface area contributed by atoms with Crippen LogP contribution in [-0.2, 0) is 4.89 Å². The molecule has 1 N–H and O–H groups in total. The average Bonchev–Trinajstić information content (AvgIpc) is 1.90. The summed E-state index contributed by atoms with van der Waals surface area (Å²) >= 11 is 1.60. The van der Waals surface area contributed by atoms with E-state index in [-0.39, 0.29) is 5.44 Å². The normalized spacial score (nSPS) is 30.4. The molecule has 1 saturated heterocycles. The molecule has 1 unspecified atom stereocenters. The second kappa shape index (κ2) is 3.29. The van der Waals surface area contributed by atoms with E-state index in [0.29, 0.717) is 6.54 Å². The molecule has 0 saturated carbocycles. The maximum absolute atomic E-state index is 8.11. The molecule has 4 heteroatoms. The summed E-state index contributed by atoms with van der Waals surface area (Å²) in [5, 5.41) is 12.1. The molecule has 0 amide bonds. The zero-order valence-electron chi connectivity index (χ0n) is 4.41. The molecule has 47 valence electrons. The Morgan fingerprint density at radius 2 is 2.62 bits per heavy atom. The van der Waals surface area contributed by atoms with Gasteiger partial charge in [-0.05, 0) is 0 Å². The number of hydrogen-bond acceptors (Lipinski definition) is 3. The maximum atomic E-state index is 8.11. The fourth-order valence-electron chi connectivity index (χ4n) is 0.562. The summed E-state index contributed by atoms with van der Waals surface area (Å²) in [4.78, 5) is 4.06. The summed E-state index contributed by atoms with van der Waals surface area (Å²) in [6.07, 6.45) is 0. The minimum absolute atomic E-state index is 0.108. The number of thioether (sulfide) groups is 1. The highest BCUT2D eigenvalue weighted by atomic mass is 32.2. The van der Waals surface area contributed by atoms with E-state index < -0.39 is 0 Å². The molecule has 1 radical (unpaired) electrons. The molecule has 8 heavy (non-hydrogen) atoms. The molecule has 0 aromatic carbocycles. The zero-order chi connectivity index (χ0) is 5.82. The van der Waals surface area contributed by atoms with E-state index in [4.69, 9.17) is 5.26 Å². The molecular weight excluding hydrogens is 126 g/mol. The van der Waals surface area contributed by atoms with Crippen molar-refractivity contribution in [1.29, 1.82) is 0 Å². The van der Waals surface area contributed by atoms with Crippen LogP contribution in [-0.4, -0.2) is 29.5 Å². The minimum Gasteiger partial charge on any atom is -0.251 e. The second-order valence-electron chi connectivity index (χ2n) is 1.54. The highest BCUT2D eigenvalue weighted by molar-refractivity contribution is 7.99. The molecule has 0 bridgehead atoms. The molecule has 1 atom stereocenters. The van der Waals surface area contributed by atoms with Crippen LogP contribution in [0.1, 0.15) is 0 Å². The lowest BCUT2D eigenvalue weighted by Gasteiger charge is -2.16. The smallest absolute Gasteiger partial charge is 0.152 e. The van der Waals surface area contributed by atoms with Gasteiger partial charge >= 0.3 is 0 Å². The lowest BCUT2D eigenvalue weighted by atomic mass is 10.6. The Hall–Kier alpha value is 0.230. The molecule has 1 aliphatic rings. The van der Waals surface area contributed by atoms with Gasteiger partial charge in [-0.1, -0.05) is 0 Å². The van der Waals surface area contributed by atoms with Crippen molar-refractivity contribution >= 4 is 11.8 Å². The first-order valence-corrected chi connectivity index (χ1v) is 3.53. The molecule has 1 rings (SSSR count). The van der Waals surface area contributed by atoms with Crippen LogP contribution in [0.3, 0.4) is 0 Å². The van der Waals surface area contributed by atoms with Gasteiger partial charge in [-0.3, -0.25) is 5.26 Å². The van der Waals surface area contributed by atoms with Gasteiger partial charge in [0, 0.05) is 12.3 Å². The molecular formula is C4H8NO2S. The minimum atomic E-state index is -0.108. The van der Waals surface area contributed by atoms with Crippen LogP contribution in [0.5, 0.6) is 0 Å². The molecule has 1 heterocycles. The first kappa shape index (κ1) is 6.35. The monoisotopic (exact) mass is 134 g/mol. The molecule has 1 fully saturated rings. The summed E-state index contributed by atoms with van der Waals surface area (Å²) < 4.78 is 0. The highest BCUT2D eigenvalue weighted by Crippen LogP contribution is 2.13. The van der Waals surface area contributed by atoms with Crippen molar-refractivity contribution < 1.29 is 10.1 Å². The van der Waals surface area contributed by atoms with Gasteiger partial charge in [-0.25, -0.2) is 10.2 Å². The third-order valence-electron chi connectivity index (χ3n) is 0.949. The summed E-state index contributed by atoms with van der Waals surface area (Å²) in [6, 6.07) is 0. The Labute approximate surface area is 52.3 Å². The lowest BCUT2D eigenvalue weighted by molar-refractivity contribution is -0.252. The molecule has 0 aliphatic carbocycles. The van der Waals surface area contributed by atoms with Gasteiger partial charge < -0.3 is 0 Å². The van der Waals surface area contributed by atoms with E-state index in [1.807, 2.05) is 0 Å². The summed E-state index contributed by atoms with van der Waals surface area (Å²) in [5.41, 5.74) is -0.108. The van der Waals surface area contributed by atoms with Gasteiger partial charge in [0.25, 0.3) is 0 Å². The first-order chi connectivity index (χ1) is 3.93. The third kappa shape index (κ3) is 1.63. The van der Waals surface area contributed by atoms with Crippen LogP contribution < -0.4 is 5.32 Å². The van der Waals surface area contributed by atoms with E-state index in [0.717, 1.165) is 12.3 Å². The molecule has 0 spiro atoms. The highest BCUT2D eigenvalue weighted by Gasteiger charge is 2.13. The van der Waals surface area contributed by atoms with Crippen LogP contribution in [0.25, 0.3) is 0 Å². The van der Waals surface area contributed by atoms with Crippen LogP contribution >= 0.6 is 11.8 Å². The molecule has 1 aliphatic heterocycles. The van der Waals surface area contributed by atoms with E-state index in [1.54, 1.807) is 11.8 Å². The third-order valence-corrected chi connectivity index (χ3v) is 1.97. The average molecular weight is 134 g/mol. The van der Waals surface area contributed by atoms with Crippen molar-refractivity contribution in [2.75, 3.05) is 18.8 Å². The Balaban J connectivity index is 2.13. The molecule has 0 aromatic heterocycles. The fraction of sp³-hybridized carbons (Fsp3) is 1.00. The Morgan fingerprint density at radius 3 is 3.00 bits per heavy atom. The van der Waals surface area contributed by atoms with Crippen LogP contribution in [0.15, 0.2) is 0 Å². The SMILES string of the molecule is OOC1C[N]CCS1. The Morgan fingerprint density at radius 1 is 1.75 bits per heavy atom. The van der Waals surface area contributed by atoms with Crippen LogP contribution in [0.2, 0.25) is 0 Å². The first-order valence-electron chi connectivity index (χ1n) is 2.48. The van der Waals surface area contributed by atoms with Gasteiger partial charge in [0.15, 0.2) is 5.44 Å². The van der Waals surface area contributed by atoms with Crippen molar-refractivity contribution in [2.24, 2.45) is 0 Å². The van der Waals surface area contributed by atoms with Crippen molar-refractivity contribution in [3.05, 3.63) is 0 Å². The number of rotatable bonds is 1. The number of nitrogens with zero attached hydrogens (tertiary/aromatic N) is 1. The second-order valence-corrected chi connectivity index (χ2v) is 2.80. The Kier molecular flexibility index (Phi) is 2.62. The molecule has 0 aromatic rings. The molecule has 3 nitrogen and oxygen atoms in total. The van der Waals surface area contributed by atoms with E-state index in [9.17, 15) is 0 Å². The standard InChI is InChI=1S/C4H8NO2S/c6-7-4-3-5-1-2-8-4/h4,6H,1-3H2. The fourth-order valence-corrected chi connectivity index (χ4v) is 1.33.